The first-order valence-electron chi connectivity index (χ1n) is 11.5. The minimum absolute atomic E-state index is 0.187. The van der Waals surface area contributed by atoms with E-state index >= 15 is 0 Å². The fourth-order valence-corrected chi connectivity index (χ4v) is 5.49. The molecule has 5 rings (SSSR count). The van der Waals surface area contributed by atoms with Crippen molar-refractivity contribution in [2.24, 2.45) is 0 Å². The SMILES string of the molecule is Cc1ccc(-n2cccc2[C@H]2[C@@H](c3ccccn3)NC(=S)N2c2ccc(NS(C)(=O)=O)cc2)cc1C. The summed E-state index contributed by atoms with van der Waals surface area (Å²) in [5, 5.41) is 4.06. The summed E-state index contributed by atoms with van der Waals surface area (Å²) >= 11 is 5.84. The zero-order valence-corrected chi connectivity index (χ0v) is 21.8. The van der Waals surface area contributed by atoms with Crippen LogP contribution in [0.3, 0.4) is 0 Å². The fraction of sp³-hybridized carbons (Fsp3) is 0.185. The molecule has 1 fully saturated rings. The van der Waals surface area contributed by atoms with E-state index in [1.807, 2.05) is 36.4 Å². The van der Waals surface area contributed by atoms with E-state index in [9.17, 15) is 8.42 Å². The number of aromatic nitrogens is 2. The second-order valence-electron chi connectivity index (χ2n) is 8.99. The van der Waals surface area contributed by atoms with Gasteiger partial charge in [0, 0.05) is 35.1 Å². The molecule has 36 heavy (non-hydrogen) atoms. The van der Waals surface area contributed by atoms with Crippen LogP contribution in [0, 0.1) is 13.8 Å². The van der Waals surface area contributed by atoms with Gasteiger partial charge in [-0.25, -0.2) is 8.42 Å². The van der Waals surface area contributed by atoms with Gasteiger partial charge < -0.3 is 14.8 Å². The molecule has 2 aromatic heterocycles. The van der Waals surface area contributed by atoms with Gasteiger partial charge in [0.1, 0.15) is 6.04 Å². The summed E-state index contributed by atoms with van der Waals surface area (Å²) in [4.78, 5) is 6.71. The van der Waals surface area contributed by atoms with Gasteiger partial charge in [0.05, 0.1) is 18.0 Å². The third kappa shape index (κ3) is 4.72. The highest BCUT2D eigenvalue weighted by Gasteiger charge is 2.42. The second kappa shape index (κ2) is 9.40. The van der Waals surface area contributed by atoms with E-state index < -0.39 is 10.0 Å². The predicted molar refractivity (Wildman–Crippen MR) is 148 cm³/mol. The van der Waals surface area contributed by atoms with Crippen LogP contribution in [-0.2, 0) is 10.0 Å². The lowest BCUT2D eigenvalue weighted by molar-refractivity contribution is 0.549. The van der Waals surface area contributed by atoms with Gasteiger partial charge in [0.15, 0.2) is 5.11 Å². The molecule has 1 saturated heterocycles. The van der Waals surface area contributed by atoms with Crippen LogP contribution in [0.1, 0.15) is 34.6 Å². The molecule has 0 spiro atoms. The molecule has 2 N–H and O–H groups in total. The van der Waals surface area contributed by atoms with E-state index in [2.05, 4.69) is 68.8 Å². The zero-order valence-electron chi connectivity index (χ0n) is 20.2. The molecule has 2 aromatic carbocycles. The lowest BCUT2D eigenvalue weighted by Crippen LogP contribution is -2.30. The smallest absolute Gasteiger partial charge is 0.229 e. The van der Waals surface area contributed by atoms with E-state index in [0.29, 0.717) is 10.8 Å². The first-order chi connectivity index (χ1) is 17.2. The maximum atomic E-state index is 11.7. The number of rotatable bonds is 6. The van der Waals surface area contributed by atoms with Crippen molar-refractivity contribution in [3.05, 3.63) is 108 Å². The molecular weight excluding hydrogens is 490 g/mol. The molecule has 0 amide bonds. The number of nitrogens with one attached hydrogen (secondary N) is 2. The molecule has 0 radical (unpaired) electrons. The Morgan fingerprint density at radius 3 is 2.36 bits per heavy atom. The van der Waals surface area contributed by atoms with Crippen molar-refractivity contribution in [1.82, 2.24) is 14.9 Å². The molecule has 0 saturated carbocycles. The van der Waals surface area contributed by atoms with Gasteiger partial charge in [-0.1, -0.05) is 12.1 Å². The number of sulfonamides is 1. The van der Waals surface area contributed by atoms with Crippen LogP contribution in [0.4, 0.5) is 11.4 Å². The van der Waals surface area contributed by atoms with E-state index in [-0.39, 0.29) is 12.1 Å². The van der Waals surface area contributed by atoms with Crippen LogP contribution in [0.25, 0.3) is 5.69 Å². The standard InChI is InChI=1S/C27H27N5O2S2/c1-18-9-12-22(17-19(18)2)31-16-6-8-24(31)26-25(23-7-4-5-15-28-23)29-27(35)32(26)21-13-10-20(11-14-21)30-36(3,33)34/h4-17,25-26,30H,1-3H3,(H,29,35)/t25-,26+/m1/s1. The summed E-state index contributed by atoms with van der Waals surface area (Å²) in [6, 6.07) is 23.3. The van der Waals surface area contributed by atoms with Gasteiger partial charge in [-0.05, 0) is 97.9 Å². The second-order valence-corrected chi connectivity index (χ2v) is 11.1. The Bertz CT molecular complexity index is 1520. The molecule has 2 atom stereocenters. The summed E-state index contributed by atoms with van der Waals surface area (Å²) in [7, 11) is -3.37. The number of pyridine rings is 1. The summed E-state index contributed by atoms with van der Waals surface area (Å²) in [6.45, 7) is 4.22. The number of anilines is 2. The van der Waals surface area contributed by atoms with Gasteiger partial charge in [-0.3, -0.25) is 9.71 Å². The number of benzene rings is 2. The molecule has 0 unspecified atom stereocenters. The molecule has 0 aliphatic carbocycles. The molecule has 1 aliphatic heterocycles. The minimum atomic E-state index is -3.37. The average molecular weight is 518 g/mol. The van der Waals surface area contributed by atoms with Gasteiger partial charge in [0.2, 0.25) is 10.0 Å². The molecule has 0 bridgehead atoms. The summed E-state index contributed by atoms with van der Waals surface area (Å²) in [6.07, 6.45) is 4.98. The van der Waals surface area contributed by atoms with Crippen molar-refractivity contribution in [1.29, 1.82) is 0 Å². The van der Waals surface area contributed by atoms with Crippen molar-refractivity contribution in [3.8, 4) is 5.69 Å². The quantitative estimate of drug-likeness (QED) is 0.349. The number of hydrogen-bond acceptors (Lipinski definition) is 4. The summed E-state index contributed by atoms with van der Waals surface area (Å²) < 4.78 is 28.0. The molecule has 1 aliphatic rings. The van der Waals surface area contributed by atoms with Crippen LogP contribution in [0.5, 0.6) is 0 Å². The fourth-order valence-electron chi connectivity index (χ4n) is 4.58. The summed E-state index contributed by atoms with van der Waals surface area (Å²) in [5.41, 5.74) is 6.82. The highest BCUT2D eigenvalue weighted by Crippen LogP contribution is 2.42. The van der Waals surface area contributed by atoms with E-state index in [1.54, 1.807) is 18.3 Å². The Hall–Kier alpha value is -3.69. The highest BCUT2D eigenvalue weighted by atomic mass is 32.2. The maximum Gasteiger partial charge on any atom is 0.229 e. The van der Waals surface area contributed by atoms with E-state index in [1.165, 1.54) is 11.1 Å². The Labute approximate surface area is 216 Å². The molecular formula is C27H27N5O2S2. The molecule has 9 heteroatoms. The molecule has 7 nitrogen and oxygen atoms in total. The van der Waals surface area contributed by atoms with Crippen LogP contribution in [0.15, 0.2) is 85.2 Å². The Morgan fingerprint density at radius 2 is 1.69 bits per heavy atom. The van der Waals surface area contributed by atoms with Gasteiger partial charge >= 0.3 is 0 Å². The molecule has 184 valence electrons. The lowest BCUT2D eigenvalue weighted by atomic mass is 10.0. The molecule has 3 heterocycles. The number of aryl methyl sites for hydroxylation is 2. The van der Waals surface area contributed by atoms with Gasteiger partial charge in [-0.15, -0.1) is 0 Å². The summed E-state index contributed by atoms with van der Waals surface area (Å²) in [5.74, 6) is 0. The number of thiocarbonyl (C=S) groups is 1. The van der Waals surface area contributed by atoms with Gasteiger partial charge in [-0.2, -0.15) is 0 Å². The number of hydrogen-bond donors (Lipinski definition) is 2. The lowest BCUT2D eigenvalue weighted by Gasteiger charge is -2.29. The highest BCUT2D eigenvalue weighted by molar-refractivity contribution is 7.92. The van der Waals surface area contributed by atoms with E-state index in [0.717, 1.165) is 29.0 Å². The number of nitrogens with zero attached hydrogens (tertiary/aromatic N) is 3. The Balaban J connectivity index is 1.61. The van der Waals surface area contributed by atoms with Crippen LogP contribution in [-0.4, -0.2) is 29.3 Å². The Morgan fingerprint density at radius 1 is 0.944 bits per heavy atom. The van der Waals surface area contributed by atoms with Crippen molar-refractivity contribution in [2.75, 3.05) is 15.9 Å². The third-order valence-electron chi connectivity index (χ3n) is 6.40. The topological polar surface area (TPSA) is 79.3 Å². The van der Waals surface area contributed by atoms with Gasteiger partial charge in [0.25, 0.3) is 0 Å². The monoisotopic (exact) mass is 517 g/mol. The van der Waals surface area contributed by atoms with Crippen molar-refractivity contribution in [2.45, 2.75) is 25.9 Å². The van der Waals surface area contributed by atoms with Crippen molar-refractivity contribution >= 4 is 38.7 Å². The maximum absolute atomic E-state index is 11.7. The van der Waals surface area contributed by atoms with Crippen LogP contribution in [0.2, 0.25) is 0 Å². The van der Waals surface area contributed by atoms with Crippen molar-refractivity contribution < 1.29 is 8.42 Å². The zero-order chi connectivity index (χ0) is 25.4. The molecule has 4 aromatic rings. The Kier molecular flexibility index (Phi) is 6.27. The minimum Gasteiger partial charge on any atom is -0.351 e. The third-order valence-corrected chi connectivity index (χ3v) is 7.32. The first kappa shape index (κ1) is 24.0. The normalized spacial score (nSPS) is 17.8. The van der Waals surface area contributed by atoms with Crippen molar-refractivity contribution in [3.63, 3.8) is 0 Å². The largest absolute Gasteiger partial charge is 0.351 e. The van der Waals surface area contributed by atoms with Crippen LogP contribution < -0.4 is 14.9 Å². The van der Waals surface area contributed by atoms with E-state index in [4.69, 9.17) is 12.2 Å². The predicted octanol–water partition coefficient (Wildman–Crippen LogP) is 5.04. The van der Waals surface area contributed by atoms with Crippen LogP contribution >= 0.6 is 12.2 Å². The first-order valence-corrected chi connectivity index (χ1v) is 13.8. The average Bonchev–Trinajstić information content (AvgIpc) is 3.45.